The van der Waals surface area contributed by atoms with Crippen LogP contribution in [-0.2, 0) is 4.79 Å². The molecule has 3 rings (SSSR count). The molecule has 1 aliphatic rings. The standard InChI is InChI=1S/C18H20N2O2S/c21-16(17-4-3-13-23-17)9-10-18(22)19-14-5-7-15(8-6-14)20-11-1-2-12-20/h3-8,13H,1-2,9-12H2,(H,19,22). The van der Waals surface area contributed by atoms with Crippen LogP contribution >= 0.6 is 11.3 Å². The third-order valence-electron chi connectivity index (χ3n) is 4.00. The van der Waals surface area contributed by atoms with Crippen molar-refractivity contribution in [2.45, 2.75) is 25.7 Å². The first-order valence-corrected chi connectivity index (χ1v) is 8.82. The molecule has 0 radical (unpaired) electrons. The Morgan fingerprint density at radius 2 is 1.78 bits per heavy atom. The molecule has 1 fully saturated rings. The van der Waals surface area contributed by atoms with Crippen LogP contribution in [0.1, 0.15) is 35.4 Å². The van der Waals surface area contributed by atoms with Crippen LogP contribution in [0.4, 0.5) is 11.4 Å². The monoisotopic (exact) mass is 328 g/mol. The number of rotatable bonds is 6. The molecule has 0 unspecified atom stereocenters. The van der Waals surface area contributed by atoms with E-state index >= 15 is 0 Å². The van der Waals surface area contributed by atoms with E-state index in [9.17, 15) is 9.59 Å². The smallest absolute Gasteiger partial charge is 0.224 e. The van der Waals surface area contributed by atoms with Crippen LogP contribution in [0.2, 0.25) is 0 Å². The zero-order valence-electron chi connectivity index (χ0n) is 13.0. The molecular formula is C18H20N2O2S. The third-order valence-corrected chi connectivity index (χ3v) is 4.91. The average molecular weight is 328 g/mol. The van der Waals surface area contributed by atoms with Gasteiger partial charge in [0, 0.05) is 37.3 Å². The lowest BCUT2D eigenvalue weighted by atomic mass is 10.2. The molecule has 5 heteroatoms. The van der Waals surface area contributed by atoms with E-state index in [1.54, 1.807) is 6.07 Å². The molecule has 23 heavy (non-hydrogen) atoms. The van der Waals surface area contributed by atoms with Crippen LogP contribution in [0.3, 0.4) is 0 Å². The first-order valence-electron chi connectivity index (χ1n) is 7.94. The van der Waals surface area contributed by atoms with Crippen molar-refractivity contribution in [3.63, 3.8) is 0 Å². The van der Waals surface area contributed by atoms with Crippen LogP contribution in [0.15, 0.2) is 41.8 Å². The number of hydrogen-bond acceptors (Lipinski definition) is 4. The zero-order valence-corrected chi connectivity index (χ0v) is 13.8. The number of benzene rings is 1. The lowest BCUT2D eigenvalue weighted by Crippen LogP contribution is -2.17. The number of carbonyl (C=O) groups excluding carboxylic acids is 2. The van der Waals surface area contributed by atoms with Gasteiger partial charge in [-0.1, -0.05) is 6.07 Å². The Morgan fingerprint density at radius 1 is 1.04 bits per heavy atom. The summed E-state index contributed by atoms with van der Waals surface area (Å²) in [6, 6.07) is 11.6. The molecular weight excluding hydrogens is 308 g/mol. The Bertz CT molecular complexity index is 659. The molecule has 0 bridgehead atoms. The molecule has 1 aliphatic heterocycles. The van der Waals surface area contributed by atoms with Crippen molar-refractivity contribution in [2.24, 2.45) is 0 Å². The number of Topliss-reactive ketones (excluding diaryl/α,β-unsaturated/α-hetero) is 1. The van der Waals surface area contributed by atoms with E-state index in [4.69, 9.17) is 0 Å². The Morgan fingerprint density at radius 3 is 2.43 bits per heavy atom. The van der Waals surface area contributed by atoms with Crippen LogP contribution < -0.4 is 10.2 Å². The van der Waals surface area contributed by atoms with E-state index in [-0.39, 0.29) is 24.5 Å². The Hall–Kier alpha value is -2.14. The molecule has 1 N–H and O–H groups in total. The van der Waals surface area contributed by atoms with E-state index in [1.165, 1.54) is 29.9 Å². The van der Waals surface area contributed by atoms with Gasteiger partial charge in [0.25, 0.3) is 0 Å². The van der Waals surface area contributed by atoms with Crippen LogP contribution in [0, 0.1) is 0 Å². The van der Waals surface area contributed by atoms with Crippen LogP contribution in [-0.4, -0.2) is 24.8 Å². The molecule has 4 nitrogen and oxygen atoms in total. The minimum atomic E-state index is -0.121. The summed E-state index contributed by atoms with van der Waals surface area (Å²) in [4.78, 5) is 26.9. The molecule has 2 aromatic rings. The van der Waals surface area contributed by atoms with Gasteiger partial charge in [0.05, 0.1) is 4.88 Å². The molecule has 1 aromatic heterocycles. The van der Waals surface area contributed by atoms with Crippen molar-refractivity contribution in [3.8, 4) is 0 Å². The summed E-state index contributed by atoms with van der Waals surface area (Å²) in [5.74, 6) is -0.0941. The van der Waals surface area contributed by atoms with Crippen molar-refractivity contribution >= 4 is 34.4 Å². The Balaban J connectivity index is 1.48. The number of hydrogen-bond donors (Lipinski definition) is 1. The fraction of sp³-hybridized carbons (Fsp3) is 0.333. The quantitative estimate of drug-likeness (QED) is 0.817. The summed E-state index contributed by atoms with van der Waals surface area (Å²) < 4.78 is 0. The summed E-state index contributed by atoms with van der Waals surface area (Å²) in [5.41, 5.74) is 1.98. The maximum absolute atomic E-state index is 12.0. The maximum atomic E-state index is 12.0. The fourth-order valence-electron chi connectivity index (χ4n) is 2.74. The van der Waals surface area contributed by atoms with Gasteiger partial charge in [-0.3, -0.25) is 9.59 Å². The molecule has 2 heterocycles. The van der Waals surface area contributed by atoms with E-state index in [0.717, 1.165) is 18.8 Å². The number of amides is 1. The second kappa shape index (κ2) is 7.42. The number of thiophene rings is 1. The van der Waals surface area contributed by atoms with Gasteiger partial charge in [-0.05, 0) is 48.6 Å². The van der Waals surface area contributed by atoms with Gasteiger partial charge in [0.1, 0.15) is 0 Å². The zero-order chi connectivity index (χ0) is 16.1. The molecule has 0 saturated carbocycles. The molecule has 0 aliphatic carbocycles. The average Bonchev–Trinajstić information content (AvgIpc) is 3.26. The van der Waals surface area contributed by atoms with Crippen molar-refractivity contribution in [3.05, 3.63) is 46.7 Å². The van der Waals surface area contributed by atoms with Gasteiger partial charge in [-0.2, -0.15) is 0 Å². The topological polar surface area (TPSA) is 49.4 Å². The summed E-state index contributed by atoms with van der Waals surface area (Å²) in [5, 5.41) is 4.72. The molecule has 120 valence electrons. The van der Waals surface area contributed by atoms with E-state index < -0.39 is 0 Å². The lowest BCUT2D eigenvalue weighted by molar-refractivity contribution is -0.116. The Labute approximate surface area is 140 Å². The number of nitrogens with zero attached hydrogens (tertiary/aromatic N) is 1. The highest BCUT2D eigenvalue weighted by molar-refractivity contribution is 7.12. The highest BCUT2D eigenvalue weighted by Gasteiger charge is 2.13. The van der Waals surface area contributed by atoms with E-state index in [2.05, 4.69) is 10.2 Å². The van der Waals surface area contributed by atoms with Crippen molar-refractivity contribution < 1.29 is 9.59 Å². The fourth-order valence-corrected chi connectivity index (χ4v) is 3.44. The highest BCUT2D eigenvalue weighted by atomic mass is 32.1. The molecule has 1 saturated heterocycles. The lowest BCUT2D eigenvalue weighted by Gasteiger charge is -2.17. The van der Waals surface area contributed by atoms with E-state index in [0.29, 0.717) is 4.88 Å². The van der Waals surface area contributed by atoms with Gasteiger partial charge in [-0.15, -0.1) is 11.3 Å². The minimum absolute atomic E-state index is 0.0273. The molecule has 1 aromatic carbocycles. The number of ketones is 1. The minimum Gasteiger partial charge on any atom is -0.372 e. The first kappa shape index (κ1) is 15.7. The highest BCUT2D eigenvalue weighted by Crippen LogP contribution is 2.22. The summed E-state index contributed by atoms with van der Waals surface area (Å²) in [6.07, 6.45) is 2.95. The van der Waals surface area contributed by atoms with Gasteiger partial charge in [0.15, 0.2) is 5.78 Å². The summed E-state index contributed by atoms with van der Waals surface area (Å²) in [7, 11) is 0. The van der Waals surface area contributed by atoms with Gasteiger partial charge in [-0.25, -0.2) is 0 Å². The van der Waals surface area contributed by atoms with Crippen molar-refractivity contribution in [2.75, 3.05) is 23.3 Å². The van der Waals surface area contributed by atoms with Gasteiger partial charge in [0.2, 0.25) is 5.91 Å². The molecule has 1 amide bonds. The van der Waals surface area contributed by atoms with Gasteiger partial charge >= 0.3 is 0 Å². The molecule has 0 spiro atoms. The van der Waals surface area contributed by atoms with Crippen LogP contribution in [0.25, 0.3) is 0 Å². The van der Waals surface area contributed by atoms with E-state index in [1.807, 2.05) is 35.7 Å². The number of carbonyl (C=O) groups is 2. The van der Waals surface area contributed by atoms with Crippen molar-refractivity contribution in [1.82, 2.24) is 0 Å². The largest absolute Gasteiger partial charge is 0.372 e. The third kappa shape index (κ3) is 4.20. The van der Waals surface area contributed by atoms with Crippen molar-refractivity contribution in [1.29, 1.82) is 0 Å². The summed E-state index contributed by atoms with van der Waals surface area (Å²) >= 11 is 1.41. The SMILES string of the molecule is O=C(CCC(=O)c1cccs1)Nc1ccc(N2CCCC2)cc1. The second-order valence-corrected chi connectivity index (χ2v) is 6.64. The normalized spacial score (nSPS) is 14.0. The maximum Gasteiger partial charge on any atom is 0.224 e. The predicted octanol–water partition coefficient (Wildman–Crippen LogP) is 3.95. The number of nitrogens with one attached hydrogen (secondary N) is 1. The van der Waals surface area contributed by atoms with Crippen LogP contribution in [0.5, 0.6) is 0 Å². The first-order chi connectivity index (χ1) is 11.2. The second-order valence-electron chi connectivity index (χ2n) is 5.69. The van der Waals surface area contributed by atoms with Gasteiger partial charge < -0.3 is 10.2 Å². The molecule has 0 atom stereocenters. The predicted molar refractivity (Wildman–Crippen MR) is 94.4 cm³/mol. The number of anilines is 2. The summed E-state index contributed by atoms with van der Waals surface area (Å²) in [6.45, 7) is 2.22. The Kier molecular flexibility index (Phi) is 5.08.